The number of amides is 3. The standard InChI is InChI=1S/C24H39N7O5/c1-4-14(2)19(22(34)29-15(3)23(35)36)31-21(33)18(13-16-9-6-5-7-10-16)30-20(32)17(25)11-8-12-28-24(26)27/h5-7,9-10,14-15,17-19H,4,8,11-13,25H2,1-3H3,(H,29,34)(H,30,32)(H,31,33)(H,35,36)(H4,26,27,28). The van der Waals surface area contributed by atoms with Gasteiger partial charge in [0.1, 0.15) is 18.1 Å². The summed E-state index contributed by atoms with van der Waals surface area (Å²) in [5.74, 6) is -3.26. The number of rotatable bonds is 15. The Morgan fingerprint density at radius 3 is 2.17 bits per heavy atom. The number of nitrogens with one attached hydrogen (secondary N) is 3. The Kier molecular flexibility index (Phi) is 12.9. The van der Waals surface area contributed by atoms with E-state index in [2.05, 4.69) is 20.9 Å². The molecule has 5 unspecified atom stereocenters. The summed E-state index contributed by atoms with van der Waals surface area (Å²) in [6, 6.07) is 5.05. The van der Waals surface area contributed by atoms with E-state index in [9.17, 15) is 19.2 Å². The maximum Gasteiger partial charge on any atom is 0.325 e. The summed E-state index contributed by atoms with van der Waals surface area (Å²) in [6.07, 6.45) is 1.49. The summed E-state index contributed by atoms with van der Waals surface area (Å²) in [5.41, 5.74) is 17.4. The van der Waals surface area contributed by atoms with E-state index < -0.39 is 47.9 Å². The number of carbonyl (C=O) groups is 4. The molecular formula is C24H39N7O5. The van der Waals surface area contributed by atoms with Gasteiger partial charge in [-0.05, 0) is 31.2 Å². The van der Waals surface area contributed by atoms with Crippen LogP contribution in [-0.4, -0.2) is 65.5 Å². The summed E-state index contributed by atoms with van der Waals surface area (Å²) in [6.45, 7) is 5.27. The van der Waals surface area contributed by atoms with Crippen molar-refractivity contribution >= 4 is 29.7 Å². The molecule has 0 radical (unpaired) electrons. The summed E-state index contributed by atoms with van der Waals surface area (Å²) < 4.78 is 0. The van der Waals surface area contributed by atoms with E-state index in [1.807, 2.05) is 37.3 Å². The molecule has 0 aliphatic carbocycles. The van der Waals surface area contributed by atoms with Gasteiger partial charge in [0.15, 0.2) is 5.96 Å². The minimum Gasteiger partial charge on any atom is -0.480 e. The van der Waals surface area contributed by atoms with Crippen molar-refractivity contribution < 1.29 is 24.3 Å². The summed E-state index contributed by atoms with van der Waals surface area (Å²) >= 11 is 0. The molecule has 0 saturated heterocycles. The predicted octanol–water partition coefficient (Wildman–Crippen LogP) is -0.785. The SMILES string of the molecule is CCC(C)C(NC(=O)C(Cc1ccccc1)NC(=O)C(N)CCCN=C(N)N)C(=O)NC(C)C(=O)O. The molecule has 3 amide bonds. The molecular weight excluding hydrogens is 466 g/mol. The van der Waals surface area contributed by atoms with Gasteiger partial charge in [0, 0.05) is 13.0 Å². The number of carboxylic acid groups (broad SMARTS) is 1. The Morgan fingerprint density at radius 2 is 1.61 bits per heavy atom. The first-order valence-electron chi connectivity index (χ1n) is 11.9. The second-order valence-corrected chi connectivity index (χ2v) is 8.75. The van der Waals surface area contributed by atoms with Crippen molar-refractivity contribution in [1.29, 1.82) is 0 Å². The average molecular weight is 506 g/mol. The van der Waals surface area contributed by atoms with E-state index in [0.29, 0.717) is 25.8 Å². The minimum absolute atomic E-state index is 0.0507. The molecule has 1 aromatic rings. The number of aliphatic carboxylic acids is 1. The highest BCUT2D eigenvalue weighted by Crippen LogP contribution is 2.11. The van der Waals surface area contributed by atoms with Gasteiger partial charge in [-0.2, -0.15) is 0 Å². The Morgan fingerprint density at radius 1 is 0.972 bits per heavy atom. The first-order valence-corrected chi connectivity index (χ1v) is 11.9. The number of aliphatic imine (C=N–C) groups is 1. The van der Waals surface area contributed by atoms with Gasteiger partial charge in [-0.3, -0.25) is 24.2 Å². The molecule has 10 N–H and O–H groups in total. The molecule has 1 rings (SSSR count). The molecule has 12 heteroatoms. The molecule has 200 valence electrons. The molecule has 36 heavy (non-hydrogen) atoms. The van der Waals surface area contributed by atoms with Crippen molar-refractivity contribution in [2.75, 3.05) is 6.54 Å². The molecule has 0 heterocycles. The molecule has 1 aromatic carbocycles. The fraction of sp³-hybridized carbons (Fsp3) is 0.542. The van der Waals surface area contributed by atoms with Crippen LogP contribution in [0.1, 0.15) is 45.6 Å². The van der Waals surface area contributed by atoms with E-state index in [0.717, 1.165) is 5.56 Å². The predicted molar refractivity (Wildman–Crippen MR) is 137 cm³/mol. The van der Waals surface area contributed by atoms with Crippen LogP contribution in [0.2, 0.25) is 0 Å². The van der Waals surface area contributed by atoms with Crippen LogP contribution < -0.4 is 33.2 Å². The molecule has 0 bridgehead atoms. The van der Waals surface area contributed by atoms with Gasteiger partial charge in [-0.25, -0.2) is 0 Å². The fourth-order valence-electron chi connectivity index (χ4n) is 3.31. The van der Waals surface area contributed by atoms with Gasteiger partial charge in [0.2, 0.25) is 17.7 Å². The van der Waals surface area contributed by atoms with Crippen LogP contribution in [0.3, 0.4) is 0 Å². The van der Waals surface area contributed by atoms with Crippen LogP contribution in [0.25, 0.3) is 0 Å². The highest BCUT2D eigenvalue weighted by Gasteiger charge is 2.32. The van der Waals surface area contributed by atoms with Crippen LogP contribution in [-0.2, 0) is 25.6 Å². The molecule has 5 atom stereocenters. The number of guanidine groups is 1. The third kappa shape index (κ3) is 10.7. The second kappa shape index (κ2) is 15.4. The second-order valence-electron chi connectivity index (χ2n) is 8.75. The zero-order valence-electron chi connectivity index (χ0n) is 21.1. The zero-order chi connectivity index (χ0) is 27.3. The Hall–Kier alpha value is -3.67. The number of benzene rings is 1. The lowest BCUT2D eigenvalue weighted by Gasteiger charge is -2.27. The third-order valence-electron chi connectivity index (χ3n) is 5.74. The monoisotopic (exact) mass is 505 g/mol. The normalized spacial score (nSPS) is 14.9. The van der Waals surface area contributed by atoms with E-state index in [-0.39, 0.29) is 18.3 Å². The van der Waals surface area contributed by atoms with Crippen LogP contribution in [0.4, 0.5) is 0 Å². The number of hydrogen-bond acceptors (Lipinski definition) is 6. The Balaban J connectivity index is 3.01. The molecule has 12 nitrogen and oxygen atoms in total. The van der Waals surface area contributed by atoms with Crippen molar-refractivity contribution in [3.05, 3.63) is 35.9 Å². The lowest BCUT2D eigenvalue weighted by atomic mass is 9.96. The lowest BCUT2D eigenvalue weighted by Crippen LogP contribution is -2.58. The van der Waals surface area contributed by atoms with Crippen molar-refractivity contribution in [1.82, 2.24) is 16.0 Å². The van der Waals surface area contributed by atoms with Crippen molar-refractivity contribution in [2.45, 2.75) is 70.6 Å². The van der Waals surface area contributed by atoms with Gasteiger partial charge >= 0.3 is 5.97 Å². The average Bonchev–Trinajstić information content (AvgIpc) is 2.84. The van der Waals surface area contributed by atoms with Gasteiger partial charge in [0.05, 0.1) is 6.04 Å². The van der Waals surface area contributed by atoms with Gasteiger partial charge in [-0.15, -0.1) is 0 Å². The molecule has 0 fully saturated rings. The number of carbonyl (C=O) groups excluding carboxylic acids is 3. The first-order chi connectivity index (χ1) is 17.0. The Labute approximate surface area is 211 Å². The molecule has 0 aliphatic heterocycles. The van der Waals surface area contributed by atoms with Crippen molar-refractivity contribution in [3.63, 3.8) is 0 Å². The summed E-state index contributed by atoms with van der Waals surface area (Å²) in [4.78, 5) is 53.8. The van der Waals surface area contributed by atoms with Gasteiger partial charge in [-0.1, -0.05) is 50.6 Å². The molecule has 0 spiro atoms. The topological polar surface area (TPSA) is 215 Å². The largest absolute Gasteiger partial charge is 0.480 e. The number of carboxylic acids is 1. The third-order valence-corrected chi connectivity index (χ3v) is 5.74. The van der Waals surface area contributed by atoms with E-state index in [1.165, 1.54) is 6.92 Å². The van der Waals surface area contributed by atoms with Crippen LogP contribution in [0, 0.1) is 5.92 Å². The first kappa shape index (κ1) is 30.4. The van der Waals surface area contributed by atoms with E-state index in [4.69, 9.17) is 22.3 Å². The van der Waals surface area contributed by atoms with Crippen LogP contribution in [0.5, 0.6) is 0 Å². The van der Waals surface area contributed by atoms with Crippen molar-refractivity contribution in [3.8, 4) is 0 Å². The van der Waals surface area contributed by atoms with E-state index in [1.54, 1.807) is 6.92 Å². The molecule has 0 aromatic heterocycles. The Bertz CT molecular complexity index is 905. The molecule has 0 saturated carbocycles. The highest BCUT2D eigenvalue weighted by atomic mass is 16.4. The van der Waals surface area contributed by atoms with Crippen LogP contribution >= 0.6 is 0 Å². The van der Waals surface area contributed by atoms with Crippen LogP contribution in [0.15, 0.2) is 35.3 Å². The zero-order valence-corrected chi connectivity index (χ0v) is 21.1. The summed E-state index contributed by atoms with van der Waals surface area (Å²) in [7, 11) is 0. The van der Waals surface area contributed by atoms with Gasteiger partial charge < -0.3 is 38.3 Å². The minimum atomic E-state index is -1.19. The number of nitrogens with two attached hydrogens (primary N) is 3. The maximum atomic E-state index is 13.3. The summed E-state index contributed by atoms with van der Waals surface area (Å²) in [5, 5.41) is 16.9. The molecule has 0 aliphatic rings. The lowest BCUT2D eigenvalue weighted by molar-refractivity contribution is -0.142. The van der Waals surface area contributed by atoms with Gasteiger partial charge in [0.25, 0.3) is 0 Å². The highest BCUT2D eigenvalue weighted by molar-refractivity contribution is 5.94. The maximum absolute atomic E-state index is 13.3. The smallest absolute Gasteiger partial charge is 0.325 e. The number of nitrogens with zero attached hydrogens (tertiary/aromatic N) is 1. The van der Waals surface area contributed by atoms with E-state index >= 15 is 0 Å². The fourth-order valence-corrected chi connectivity index (χ4v) is 3.31. The van der Waals surface area contributed by atoms with Crippen molar-refractivity contribution in [2.24, 2.45) is 28.1 Å². The quantitative estimate of drug-likeness (QED) is 0.0908. The number of hydrogen-bond donors (Lipinski definition) is 7.